The Hall–Kier alpha value is -3.31. The normalized spacial score (nSPS) is 16.7. The van der Waals surface area contributed by atoms with Crippen LogP contribution in [-0.2, 0) is 16.6 Å². The van der Waals surface area contributed by atoms with Crippen LogP contribution in [0.4, 0.5) is 0 Å². The van der Waals surface area contributed by atoms with Crippen molar-refractivity contribution in [3.63, 3.8) is 0 Å². The third-order valence-corrected chi connectivity index (χ3v) is 10.9. The third kappa shape index (κ3) is 6.65. The standard InChI is InChI=1S/C33H36Cl2N6O3S/c1-33(2,29-24(34)17-23(18-25(29)35)41-32(44)37-27(42)20-36-41)31-38-30(21-9-5-3-6-10-21)26(45-31)19-28(43)40-15-11-22(12-16-40)39-13-7-4-8-14-39/h3,5-6,9-10,17-18,20,22H,4,7-8,11-16,19H2,1-2H3,(H,37,42,44). The molecule has 2 fully saturated rings. The van der Waals surface area contributed by atoms with Crippen molar-refractivity contribution in [2.24, 2.45) is 0 Å². The van der Waals surface area contributed by atoms with E-state index in [0.717, 1.165) is 58.0 Å². The maximum absolute atomic E-state index is 13.7. The number of piperidine rings is 2. The molecule has 2 aromatic carbocycles. The highest BCUT2D eigenvalue weighted by atomic mass is 35.5. The van der Waals surface area contributed by atoms with E-state index in [1.807, 2.05) is 49.1 Å². The SMILES string of the molecule is CC(C)(c1nc(-c2ccccc2)c(CC(=O)N2CCC(N3CCCCC3)CC2)s1)c1c(Cl)cc(-n2ncc(=O)[nH]c2=O)cc1Cl. The largest absolute Gasteiger partial charge is 0.349 e. The molecule has 0 spiro atoms. The zero-order valence-corrected chi connectivity index (χ0v) is 27.7. The molecule has 0 atom stereocenters. The van der Waals surface area contributed by atoms with Crippen molar-refractivity contribution >= 4 is 40.4 Å². The summed E-state index contributed by atoms with van der Waals surface area (Å²) < 4.78 is 1.03. The maximum atomic E-state index is 13.7. The molecule has 0 aliphatic carbocycles. The number of nitrogens with one attached hydrogen (secondary N) is 1. The van der Waals surface area contributed by atoms with Gasteiger partial charge in [0.25, 0.3) is 5.56 Å². The molecular weight excluding hydrogens is 631 g/mol. The molecule has 236 valence electrons. The summed E-state index contributed by atoms with van der Waals surface area (Å²) in [5.41, 5.74) is 0.660. The molecular formula is C33H36Cl2N6O3S. The lowest BCUT2D eigenvalue weighted by Gasteiger charge is -2.40. The number of aromatic amines is 1. The quantitative estimate of drug-likeness (QED) is 0.272. The van der Waals surface area contributed by atoms with E-state index in [1.165, 1.54) is 43.7 Å². The van der Waals surface area contributed by atoms with E-state index in [9.17, 15) is 14.4 Å². The number of hydrogen-bond acceptors (Lipinski definition) is 7. The van der Waals surface area contributed by atoms with Gasteiger partial charge in [0, 0.05) is 50.6 Å². The number of thiazole rings is 1. The Balaban J connectivity index is 1.28. The van der Waals surface area contributed by atoms with E-state index in [0.29, 0.717) is 27.3 Å². The average molecular weight is 668 g/mol. The number of amides is 1. The molecule has 2 saturated heterocycles. The summed E-state index contributed by atoms with van der Waals surface area (Å²) in [6.45, 7) is 7.91. The summed E-state index contributed by atoms with van der Waals surface area (Å²) in [6, 6.07) is 13.7. The van der Waals surface area contributed by atoms with Gasteiger partial charge in [0.05, 0.1) is 17.8 Å². The van der Waals surface area contributed by atoms with Gasteiger partial charge in [-0.15, -0.1) is 11.3 Å². The highest BCUT2D eigenvalue weighted by molar-refractivity contribution is 7.12. The maximum Gasteiger partial charge on any atom is 0.349 e. The van der Waals surface area contributed by atoms with Crippen LogP contribution in [0, 0.1) is 0 Å². The fraction of sp³-hybridized carbons (Fsp3) is 0.424. The molecule has 4 heterocycles. The van der Waals surface area contributed by atoms with Gasteiger partial charge in [-0.2, -0.15) is 9.78 Å². The predicted molar refractivity (Wildman–Crippen MR) is 179 cm³/mol. The van der Waals surface area contributed by atoms with Crippen LogP contribution in [-0.4, -0.2) is 67.7 Å². The summed E-state index contributed by atoms with van der Waals surface area (Å²) in [4.78, 5) is 50.4. The second-order valence-corrected chi connectivity index (χ2v) is 14.2. The van der Waals surface area contributed by atoms with Crippen LogP contribution in [0.5, 0.6) is 0 Å². The van der Waals surface area contributed by atoms with Crippen molar-refractivity contribution < 1.29 is 4.79 Å². The van der Waals surface area contributed by atoms with Gasteiger partial charge >= 0.3 is 5.69 Å². The fourth-order valence-electron chi connectivity index (χ4n) is 6.50. The van der Waals surface area contributed by atoms with Crippen molar-refractivity contribution in [3.05, 3.63) is 95.0 Å². The first kappa shape index (κ1) is 31.7. The van der Waals surface area contributed by atoms with Gasteiger partial charge in [0.15, 0.2) is 0 Å². The summed E-state index contributed by atoms with van der Waals surface area (Å²) in [6.07, 6.45) is 7.20. The zero-order chi connectivity index (χ0) is 31.7. The summed E-state index contributed by atoms with van der Waals surface area (Å²) in [7, 11) is 0. The molecule has 4 aromatic rings. The molecule has 45 heavy (non-hydrogen) atoms. The van der Waals surface area contributed by atoms with Gasteiger partial charge in [-0.05, 0) is 64.8 Å². The summed E-state index contributed by atoms with van der Waals surface area (Å²) in [5.74, 6) is 0.122. The zero-order valence-electron chi connectivity index (χ0n) is 25.4. The Labute approximate surface area is 275 Å². The van der Waals surface area contributed by atoms with Gasteiger partial charge < -0.3 is 9.80 Å². The van der Waals surface area contributed by atoms with E-state index in [1.54, 1.807) is 12.1 Å². The topological polar surface area (TPSA) is 104 Å². The lowest BCUT2D eigenvalue weighted by Crippen LogP contribution is -2.48. The van der Waals surface area contributed by atoms with Gasteiger partial charge in [0.2, 0.25) is 5.91 Å². The van der Waals surface area contributed by atoms with Gasteiger partial charge in [-0.1, -0.05) is 60.0 Å². The number of H-pyrrole nitrogens is 1. The van der Waals surface area contributed by atoms with Crippen LogP contribution in [0.3, 0.4) is 0 Å². The molecule has 12 heteroatoms. The van der Waals surface area contributed by atoms with Crippen LogP contribution < -0.4 is 11.2 Å². The molecule has 6 rings (SSSR count). The Bertz CT molecular complexity index is 1780. The van der Waals surface area contributed by atoms with Crippen molar-refractivity contribution in [2.45, 2.75) is 63.8 Å². The highest BCUT2D eigenvalue weighted by Crippen LogP contribution is 2.44. The lowest BCUT2D eigenvalue weighted by atomic mass is 9.85. The Morgan fingerprint density at radius 2 is 1.67 bits per heavy atom. The highest BCUT2D eigenvalue weighted by Gasteiger charge is 2.34. The fourth-order valence-corrected chi connectivity index (χ4v) is 8.63. The number of aromatic nitrogens is 4. The van der Waals surface area contributed by atoms with E-state index in [-0.39, 0.29) is 12.3 Å². The minimum absolute atomic E-state index is 0.122. The van der Waals surface area contributed by atoms with Crippen LogP contribution in [0.15, 0.2) is 58.3 Å². The first-order valence-corrected chi connectivity index (χ1v) is 16.9. The Morgan fingerprint density at radius 1 is 1.00 bits per heavy atom. The first-order chi connectivity index (χ1) is 21.6. The Morgan fingerprint density at radius 3 is 2.31 bits per heavy atom. The summed E-state index contributed by atoms with van der Waals surface area (Å²) in [5, 5.41) is 5.34. The number of carbonyl (C=O) groups is 1. The van der Waals surface area contributed by atoms with E-state index in [4.69, 9.17) is 28.2 Å². The van der Waals surface area contributed by atoms with Gasteiger partial charge in [-0.25, -0.2) is 9.78 Å². The number of nitrogens with zero attached hydrogens (tertiary/aromatic N) is 5. The molecule has 0 radical (unpaired) electrons. The number of benzene rings is 2. The molecule has 2 aliphatic rings. The average Bonchev–Trinajstić information content (AvgIpc) is 3.46. The molecule has 1 amide bonds. The molecule has 0 bridgehead atoms. The van der Waals surface area contributed by atoms with E-state index in [2.05, 4.69) is 15.0 Å². The number of halogens is 2. The predicted octanol–water partition coefficient (Wildman–Crippen LogP) is 5.70. The first-order valence-electron chi connectivity index (χ1n) is 15.4. The van der Waals surface area contributed by atoms with Gasteiger partial charge in [-0.3, -0.25) is 14.6 Å². The number of hydrogen-bond donors (Lipinski definition) is 1. The third-order valence-electron chi connectivity index (χ3n) is 8.92. The number of rotatable bonds is 7. The van der Waals surface area contributed by atoms with Crippen molar-refractivity contribution in [3.8, 4) is 16.9 Å². The minimum Gasteiger partial charge on any atom is -0.342 e. The molecule has 0 unspecified atom stereocenters. The molecule has 0 saturated carbocycles. The second kappa shape index (κ2) is 13.2. The van der Waals surface area contributed by atoms with Crippen LogP contribution >= 0.6 is 34.5 Å². The van der Waals surface area contributed by atoms with Gasteiger partial charge in [0.1, 0.15) is 11.2 Å². The van der Waals surface area contributed by atoms with Crippen molar-refractivity contribution in [2.75, 3.05) is 26.2 Å². The van der Waals surface area contributed by atoms with Crippen molar-refractivity contribution in [1.29, 1.82) is 0 Å². The second-order valence-electron chi connectivity index (χ2n) is 12.3. The van der Waals surface area contributed by atoms with Crippen molar-refractivity contribution in [1.82, 2.24) is 29.5 Å². The number of carbonyl (C=O) groups excluding carboxylic acids is 1. The molecule has 1 N–H and O–H groups in total. The summed E-state index contributed by atoms with van der Waals surface area (Å²) >= 11 is 15.2. The smallest absolute Gasteiger partial charge is 0.342 e. The molecule has 2 aromatic heterocycles. The number of likely N-dealkylation sites (tertiary alicyclic amines) is 2. The monoisotopic (exact) mass is 666 g/mol. The van der Waals surface area contributed by atoms with Crippen LogP contribution in [0.25, 0.3) is 16.9 Å². The minimum atomic E-state index is -0.738. The Kier molecular flexibility index (Phi) is 9.29. The van der Waals surface area contributed by atoms with Crippen LogP contribution in [0.2, 0.25) is 10.0 Å². The van der Waals surface area contributed by atoms with E-state index >= 15 is 0 Å². The van der Waals surface area contributed by atoms with Crippen LogP contribution in [0.1, 0.15) is 61.4 Å². The van der Waals surface area contributed by atoms with E-state index < -0.39 is 16.7 Å². The lowest BCUT2D eigenvalue weighted by molar-refractivity contribution is -0.132. The molecule has 2 aliphatic heterocycles. The molecule has 9 nitrogen and oxygen atoms in total.